The second kappa shape index (κ2) is 14.6. The lowest BCUT2D eigenvalue weighted by Gasteiger charge is -2.25. The molecule has 0 fully saturated rings. The van der Waals surface area contributed by atoms with E-state index < -0.39 is 17.9 Å². The molecule has 0 radical (unpaired) electrons. The third-order valence-corrected chi connectivity index (χ3v) is 6.76. The van der Waals surface area contributed by atoms with Gasteiger partial charge < -0.3 is 25.4 Å². The van der Waals surface area contributed by atoms with E-state index in [0.717, 1.165) is 68.8 Å². The average molecular weight is 497 g/mol. The monoisotopic (exact) mass is 496 g/mol. The molecule has 0 saturated heterocycles. The van der Waals surface area contributed by atoms with Crippen LogP contribution in [0.2, 0.25) is 0 Å². The number of amides is 1. The van der Waals surface area contributed by atoms with E-state index in [1.807, 2.05) is 30.3 Å². The van der Waals surface area contributed by atoms with Crippen molar-refractivity contribution in [2.75, 3.05) is 45.2 Å². The van der Waals surface area contributed by atoms with Gasteiger partial charge in [0.25, 0.3) is 0 Å². The number of hydrogen-bond donors (Lipinski definition) is 3. The Hall–Kier alpha value is -2.97. The van der Waals surface area contributed by atoms with Crippen LogP contribution in [0.4, 0.5) is 5.82 Å². The maximum atomic E-state index is 12.7. The zero-order valence-electron chi connectivity index (χ0n) is 21.5. The molecule has 196 valence electrons. The Morgan fingerprint density at radius 1 is 1.14 bits per heavy atom. The van der Waals surface area contributed by atoms with Crippen molar-refractivity contribution in [2.24, 2.45) is 0 Å². The van der Waals surface area contributed by atoms with Crippen molar-refractivity contribution >= 4 is 17.7 Å². The van der Waals surface area contributed by atoms with Gasteiger partial charge >= 0.3 is 5.97 Å². The summed E-state index contributed by atoms with van der Waals surface area (Å²) < 4.78 is 5.26. The molecule has 2 heterocycles. The van der Waals surface area contributed by atoms with Gasteiger partial charge in [-0.05, 0) is 69.2 Å². The number of nitrogens with one attached hydrogen (secondary N) is 2. The molecule has 0 bridgehead atoms. The van der Waals surface area contributed by atoms with E-state index in [1.165, 1.54) is 5.56 Å². The number of unbranched alkanes of at least 4 members (excludes halogenated alkanes) is 1. The lowest BCUT2D eigenvalue weighted by atomic mass is 10.00. The molecule has 1 amide bonds. The number of methoxy groups -OCH3 is 1. The van der Waals surface area contributed by atoms with Crippen LogP contribution in [-0.4, -0.2) is 72.8 Å². The number of aliphatic carboxylic acids is 1. The molecule has 1 aromatic heterocycles. The first kappa shape index (κ1) is 27.6. The molecule has 1 aliphatic rings. The Bertz CT molecular complexity index is 969. The number of aromatic nitrogens is 1. The van der Waals surface area contributed by atoms with Crippen LogP contribution < -0.4 is 10.6 Å². The molecule has 1 aliphatic heterocycles. The highest BCUT2D eigenvalue weighted by Gasteiger charge is 2.24. The molecule has 8 nitrogen and oxygen atoms in total. The molecule has 2 atom stereocenters. The Balaban J connectivity index is 1.46. The number of anilines is 1. The molecular weight excluding hydrogens is 456 g/mol. The topological polar surface area (TPSA) is 104 Å². The number of pyridine rings is 1. The van der Waals surface area contributed by atoms with Crippen molar-refractivity contribution in [1.29, 1.82) is 0 Å². The van der Waals surface area contributed by atoms with Gasteiger partial charge in [0.2, 0.25) is 5.91 Å². The van der Waals surface area contributed by atoms with Gasteiger partial charge in [-0.2, -0.15) is 0 Å². The third-order valence-electron chi connectivity index (χ3n) is 6.76. The SMILES string of the molecule is COCCN(CCCCc1ccc2c(n1)NCCC2)CCC(NC(=O)C(C)c1ccccc1)C(=O)O. The molecule has 8 heteroatoms. The average Bonchev–Trinajstić information content (AvgIpc) is 2.90. The van der Waals surface area contributed by atoms with Crippen LogP contribution in [0.5, 0.6) is 0 Å². The number of carbonyl (C=O) groups is 2. The highest BCUT2D eigenvalue weighted by Crippen LogP contribution is 2.20. The Morgan fingerprint density at radius 2 is 1.94 bits per heavy atom. The summed E-state index contributed by atoms with van der Waals surface area (Å²) in [6, 6.07) is 12.8. The zero-order chi connectivity index (χ0) is 25.8. The van der Waals surface area contributed by atoms with Gasteiger partial charge in [0.1, 0.15) is 11.9 Å². The Morgan fingerprint density at radius 3 is 2.69 bits per heavy atom. The molecule has 2 aromatic rings. The van der Waals surface area contributed by atoms with Gasteiger partial charge in [0, 0.05) is 32.4 Å². The summed E-state index contributed by atoms with van der Waals surface area (Å²) in [6.07, 6.45) is 5.48. The number of carboxylic acid groups (broad SMARTS) is 1. The first-order chi connectivity index (χ1) is 17.5. The maximum absolute atomic E-state index is 12.7. The van der Waals surface area contributed by atoms with E-state index in [9.17, 15) is 14.7 Å². The number of rotatable bonds is 15. The number of hydrogen-bond acceptors (Lipinski definition) is 6. The lowest BCUT2D eigenvalue weighted by molar-refractivity contribution is -0.142. The van der Waals surface area contributed by atoms with Crippen LogP contribution in [0.3, 0.4) is 0 Å². The molecule has 3 N–H and O–H groups in total. The van der Waals surface area contributed by atoms with Crippen LogP contribution in [0, 0.1) is 0 Å². The normalized spacial score (nSPS) is 14.5. The quantitative estimate of drug-likeness (QED) is 0.324. The summed E-state index contributed by atoms with van der Waals surface area (Å²) in [6.45, 7) is 5.49. The minimum absolute atomic E-state index is 0.274. The standard InChI is InChI=1S/C28H40N4O4/c1-21(22-9-4-3-5-10-22)27(33)31-25(28(34)35)15-18-32(19-20-36-2)17-7-6-12-24-14-13-23-11-8-16-29-26(23)30-24/h3-5,9-10,13-14,21,25H,6-8,11-12,15-20H2,1-2H3,(H,29,30)(H,31,33)(H,34,35). The van der Waals surface area contributed by atoms with Crippen LogP contribution >= 0.6 is 0 Å². The number of carbonyl (C=O) groups excluding carboxylic acids is 1. The Kier molecular flexibility index (Phi) is 11.2. The predicted molar refractivity (Wildman–Crippen MR) is 141 cm³/mol. The second-order valence-corrected chi connectivity index (χ2v) is 9.45. The molecule has 0 spiro atoms. The van der Waals surface area contributed by atoms with Crippen molar-refractivity contribution in [3.63, 3.8) is 0 Å². The van der Waals surface area contributed by atoms with Crippen LogP contribution in [0.15, 0.2) is 42.5 Å². The van der Waals surface area contributed by atoms with Gasteiger partial charge in [0.15, 0.2) is 0 Å². The number of aryl methyl sites for hydroxylation is 2. The number of benzene rings is 1. The number of fused-ring (bicyclic) bond motifs is 1. The van der Waals surface area contributed by atoms with E-state index in [1.54, 1.807) is 14.0 Å². The minimum Gasteiger partial charge on any atom is -0.480 e. The minimum atomic E-state index is -1.01. The lowest BCUT2D eigenvalue weighted by Crippen LogP contribution is -2.45. The molecule has 2 unspecified atom stereocenters. The summed E-state index contributed by atoms with van der Waals surface area (Å²) in [4.78, 5) is 31.6. The molecule has 36 heavy (non-hydrogen) atoms. The maximum Gasteiger partial charge on any atom is 0.326 e. The summed E-state index contributed by atoms with van der Waals surface area (Å²) in [7, 11) is 1.67. The molecular formula is C28H40N4O4. The van der Waals surface area contributed by atoms with Crippen molar-refractivity contribution < 1.29 is 19.4 Å². The number of ether oxygens (including phenoxy) is 1. The molecule has 0 saturated carbocycles. The Labute approximate surface area is 214 Å². The fourth-order valence-corrected chi connectivity index (χ4v) is 4.46. The summed E-state index contributed by atoms with van der Waals surface area (Å²) in [5.74, 6) is -0.666. The fraction of sp³-hybridized carbons (Fsp3) is 0.536. The van der Waals surface area contributed by atoms with E-state index in [0.29, 0.717) is 19.6 Å². The van der Waals surface area contributed by atoms with E-state index >= 15 is 0 Å². The molecule has 0 aliphatic carbocycles. The van der Waals surface area contributed by atoms with Gasteiger partial charge in [-0.1, -0.05) is 36.4 Å². The van der Waals surface area contributed by atoms with E-state index in [2.05, 4.69) is 27.7 Å². The van der Waals surface area contributed by atoms with Crippen LogP contribution in [0.25, 0.3) is 0 Å². The summed E-state index contributed by atoms with van der Waals surface area (Å²) in [5.41, 5.74) is 3.27. The van der Waals surface area contributed by atoms with Crippen LogP contribution in [-0.2, 0) is 27.2 Å². The highest BCUT2D eigenvalue weighted by molar-refractivity contribution is 5.87. The van der Waals surface area contributed by atoms with Gasteiger partial charge in [-0.15, -0.1) is 0 Å². The van der Waals surface area contributed by atoms with E-state index in [-0.39, 0.29) is 5.91 Å². The second-order valence-electron chi connectivity index (χ2n) is 9.45. The zero-order valence-corrected chi connectivity index (χ0v) is 21.5. The van der Waals surface area contributed by atoms with E-state index in [4.69, 9.17) is 9.72 Å². The highest BCUT2D eigenvalue weighted by atomic mass is 16.5. The third kappa shape index (κ3) is 8.60. The molecule has 1 aromatic carbocycles. The van der Waals surface area contributed by atoms with Gasteiger partial charge in [-0.25, -0.2) is 9.78 Å². The van der Waals surface area contributed by atoms with Crippen molar-refractivity contribution in [3.05, 3.63) is 59.3 Å². The van der Waals surface area contributed by atoms with Gasteiger partial charge in [-0.3, -0.25) is 4.79 Å². The number of nitrogens with zero attached hydrogens (tertiary/aromatic N) is 2. The largest absolute Gasteiger partial charge is 0.480 e. The number of carboxylic acids is 1. The summed E-state index contributed by atoms with van der Waals surface area (Å²) >= 11 is 0. The fourth-order valence-electron chi connectivity index (χ4n) is 4.46. The first-order valence-electron chi connectivity index (χ1n) is 13.0. The van der Waals surface area contributed by atoms with Gasteiger partial charge in [0.05, 0.1) is 12.5 Å². The van der Waals surface area contributed by atoms with Crippen LogP contribution in [0.1, 0.15) is 55.3 Å². The van der Waals surface area contributed by atoms with Crippen molar-refractivity contribution in [3.8, 4) is 0 Å². The summed E-state index contributed by atoms with van der Waals surface area (Å²) in [5, 5.41) is 15.8. The van der Waals surface area contributed by atoms with Crippen molar-refractivity contribution in [1.82, 2.24) is 15.2 Å². The first-order valence-corrected chi connectivity index (χ1v) is 13.0. The van der Waals surface area contributed by atoms with Crippen molar-refractivity contribution in [2.45, 2.75) is 57.4 Å². The molecule has 3 rings (SSSR count). The smallest absolute Gasteiger partial charge is 0.326 e. The predicted octanol–water partition coefficient (Wildman–Crippen LogP) is 3.47.